The molecule has 0 saturated carbocycles. The van der Waals surface area contributed by atoms with Crippen molar-refractivity contribution in [1.82, 2.24) is 14.7 Å². The van der Waals surface area contributed by atoms with Crippen LogP contribution < -0.4 is 0 Å². The molecule has 0 radical (unpaired) electrons. The zero-order valence-corrected chi connectivity index (χ0v) is 11.3. The molecule has 1 aromatic heterocycles. The first-order valence-electron chi connectivity index (χ1n) is 6.67. The van der Waals surface area contributed by atoms with Gasteiger partial charge in [0.05, 0.1) is 18.4 Å². The Bertz CT molecular complexity index is 354. The van der Waals surface area contributed by atoms with Crippen molar-refractivity contribution in [3.8, 4) is 0 Å². The molecule has 2 heterocycles. The van der Waals surface area contributed by atoms with E-state index in [1.54, 1.807) is 7.11 Å². The van der Waals surface area contributed by atoms with Gasteiger partial charge in [-0.05, 0) is 19.4 Å². The molecule has 5 heteroatoms. The van der Waals surface area contributed by atoms with Crippen LogP contribution in [0.4, 0.5) is 0 Å². The van der Waals surface area contributed by atoms with Crippen LogP contribution in [0.1, 0.15) is 19.0 Å². The molecule has 1 unspecified atom stereocenters. The van der Waals surface area contributed by atoms with Crippen molar-refractivity contribution in [2.45, 2.75) is 32.5 Å². The number of morpholine rings is 1. The number of nitrogens with zero attached hydrogens (tertiary/aromatic N) is 3. The Hall–Kier alpha value is -0.910. The van der Waals surface area contributed by atoms with Gasteiger partial charge in [-0.2, -0.15) is 5.10 Å². The smallest absolute Gasteiger partial charge is 0.0764 e. The van der Waals surface area contributed by atoms with Crippen molar-refractivity contribution < 1.29 is 9.47 Å². The first-order chi connectivity index (χ1) is 8.81. The van der Waals surface area contributed by atoms with E-state index in [1.807, 2.05) is 10.9 Å². The molecule has 1 aromatic rings. The number of aryl methyl sites for hydroxylation is 1. The molecule has 18 heavy (non-hydrogen) atoms. The summed E-state index contributed by atoms with van der Waals surface area (Å²) in [6.45, 7) is 7.49. The van der Waals surface area contributed by atoms with E-state index in [9.17, 15) is 0 Å². The third kappa shape index (κ3) is 3.80. The van der Waals surface area contributed by atoms with Gasteiger partial charge in [-0.3, -0.25) is 9.58 Å². The fraction of sp³-hybridized carbons (Fsp3) is 0.769. The average molecular weight is 253 g/mol. The van der Waals surface area contributed by atoms with E-state index >= 15 is 0 Å². The molecular formula is C13H23N3O2. The van der Waals surface area contributed by atoms with Crippen LogP contribution in [-0.2, 0) is 22.6 Å². The van der Waals surface area contributed by atoms with Crippen LogP contribution in [0.3, 0.4) is 0 Å². The lowest BCUT2D eigenvalue weighted by Gasteiger charge is -2.32. The number of ether oxygens (including phenoxy) is 2. The molecule has 1 aliphatic heterocycles. The number of aromatic nitrogens is 2. The number of hydrogen-bond acceptors (Lipinski definition) is 4. The molecule has 0 aliphatic carbocycles. The average Bonchev–Trinajstić information content (AvgIpc) is 2.84. The normalized spacial score (nSPS) is 21.3. The minimum Gasteiger partial charge on any atom is -0.385 e. The highest BCUT2D eigenvalue weighted by Crippen LogP contribution is 2.11. The molecule has 0 spiro atoms. The van der Waals surface area contributed by atoms with Crippen LogP contribution in [0.25, 0.3) is 0 Å². The SMILES string of the molecule is CCn1ccc(CN2CCOC(CCOC)C2)n1. The Morgan fingerprint density at radius 1 is 1.56 bits per heavy atom. The summed E-state index contributed by atoms with van der Waals surface area (Å²) in [6, 6.07) is 2.10. The predicted molar refractivity (Wildman–Crippen MR) is 69.4 cm³/mol. The molecule has 102 valence electrons. The second kappa shape index (κ2) is 6.87. The highest BCUT2D eigenvalue weighted by molar-refractivity contribution is 4.99. The third-order valence-corrected chi connectivity index (χ3v) is 3.27. The van der Waals surface area contributed by atoms with Crippen molar-refractivity contribution in [2.24, 2.45) is 0 Å². The largest absolute Gasteiger partial charge is 0.385 e. The van der Waals surface area contributed by atoms with Crippen LogP contribution in [0.15, 0.2) is 12.3 Å². The summed E-state index contributed by atoms with van der Waals surface area (Å²) in [6.07, 6.45) is 3.31. The van der Waals surface area contributed by atoms with E-state index < -0.39 is 0 Å². The van der Waals surface area contributed by atoms with Crippen molar-refractivity contribution in [3.05, 3.63) is 18.0 Å². The van der Waals surface area contributed by atoms with Gasteiger partial charge < -0.3 is 9.47 Å². The van der Waals surface area contributed by atoms with Crippen LogP contribution in [0.5, 0.6) is 0 Å². The molecule has 0 amide bonds. The lowest BCUT2D eigenvalue weighted by molar-refractivity contribution is -0.0435. The van der Waals surface area contributed by atoms with Gasteiger partial charge in [0.15, 0.2) is 0 Å². The molecule has 1 fully saturated rings. The number of hydrogen-bond donors (Lipinski definition) is 0. The highest BCUT2D eigenvalue weighted by Gasteiger charge is 2.20. The molecule has 1 saturated heterocycles. The van der Waals surface area contributed by atoms with E-state index in [0.717, 1.165) is 51.5 Å². The zero-order chi connectivity index (χ0) is 12.8. The van der Waals surface area contributed by atoms with E-state index in [0.29, 0.717) is 6.10 Å². The highest BCUT2D eigenvalue weighted by atomic mass is 16.5. The van der Waals surface area contributed by atoms with Crippen LogP contribution in [-0.4, -0.2) is 54.2 Å². The van der Waals surface area contributed by atoms with Gasteiger partial charge in [-0.1, -0.05) is 0 Å². The van der Waals surface area contributed by atoms with Gasteiger partial charge in [0, 0.05) is 46.1 Å². The second-order valence-electron chi connectivity index (χ2n) is 4.67. The molecule has 0 N–H and O–H groups in total. The minimum absolute atomic E-state index is 0.298. The Balaban J connectivity index is 1.81. The topological polar surface area (TPSA) is 39.5 Å². The minimum atomic E-state index is 0.298. The molecule has 0 bridgehead atoms. The summed E-state index contributed by atoms with van der Waals surface area (Å²) < 4.78 is 12.8. The molecule has 1 aliphatic rings. The fourth-order valence-corrected chi connectivity index (χ4v) is 2.24. The van der Waals surface area contributed by atoms with Crippen LogP contribution >= 0.6 is 0 Å². The zero-order valence-electron chi connectivity index (χ0n) is 11.3. The molecule has 1 atom stereocenters. The van der Waals surface area contributed by atoms with Gasteiger partial charge in [0.25, 0.3) is 0 Å². The van der Waals surface area contributed by atoms with Gasteiger partial charge in [0.1, 0.15) is 0 Å². The van der Waals surface area contributed by atoms with Crippen LogP contribution in [0.2, 0.25) is 0 Å². The maximum atomic E-state index is 5.73. The summed E-state index contributed by atoms with van der Waals surface area (Å²) in [5.41, 5.74) is 1.14. The third-order valence-electron chi connectivity index (χ3n) is 3.27. The second-order valence-corrected chi connectivity index (χ2v) is 4.67. The first kappa shape index (κ1) is 13.5. The van der Waals surface area contributed by atoms with Gasteiger partial charge >= 0.3 is 0 Å². The lowest BCUT2D eigenvalue weighted by Crippen LogP contribution is -2.42. The molecule has 0 aromatic carbocycles. The Labute approximate surface area is 109 Å². The number of rotatable bonds is 6. The Kier molecular flexibility index (Phi) is 5.16. The summed E-state index contributed by atoms with van der Waals surface area (Å²) in [4.78, 5) is 2.41. The monoisotopic (exact) mass is 253 g/mol. The van der Waals surface area contributed by atoms with Crippen LogP contribution in [0, 0.1) is 0 Å². The Morgan fingerprint density at radius 2 is 2.44 bits per heavy atom. The summed E-state index contributed by atoms with van der Waals surface area (Å²) in [7, 11) is 1.73. The van der Waals surface area contributed by atoms with E-state index in [-0.39, 0.29) is 0 Å². The fourth-order valence-electron chi connectivity index (χ4n) is 2.24. The van der Waals surface area contributed by atoms with Crippen molar-refractivity contribution in [1.29, 1.82) is 0 Å². The number of methoxy groups -OCH3 is 1. The van der Waals surface area contributed by atoms with E-state index in [1.165, 1.54) is 0 Å². The lowest BCUT2D eigenvalue weighted by atomic mass is 10.2. The predicted octanol–water partition coefficient (Wildman–Crippen LogP) is 1.14. The maximum Gasteiger partial charge on any atom is 0.0764 e. The van der Waals surface area contributed by atoms with Crippen molar-refractivity contribution >= 4 is 0 Å². The summed E-state index contributed by atoms with van der Waals surface area (Å²) >= 11 is 0. The molecular weight excluding hydrogens is 230 g/mol. The van der Waals surface area contributed by atoms with Gasteiger partial charge in [-0.15, -0.1) is 0 Å². The Morgan fingerprint density at radius 3 is 3.17 bits per heavy atom. The quantitative estimate of drug-likeness (QED) is 0.762. The molecule has 5 nitrogen and oxygen atoms in total. The van der Waals surface area contributed by atoms with E-state index in [2.05, 4.69) is 23.0 Å². The maximum absolute atomic E-state index is 5.73. The first-order valence-corrected chi connectivity index (χ1v) is 6.67. The summed E-state index contributed by atoms with van der Waals surface area (Å²) in [5.74, 6) is 0. The van der Waals surface area contributed by atoms with E-state index in [4.69, 9.17) is 9.47 Å². The van der Waals surface area contributed by atoms with Crippen molar-refractivity contribution in [3.63, 3.8) is 0 Å². The summed E-state index contributed by atoms with van der Waals surface area (Å²) in [5, 5.41) is 4.52. The molecule has 2 rings (SSSR count). The standard InChI is InChI=1S/C13H23N3O2/c1-3-16-6-4-12(14-16)10-15-7-9-18-13(11-15)5-8-17-2/h4,6,13H,3,5,7-11H2,1-2H3. The van der Waals surface area contributed by atoms with Gasteiger partial charge in [-0.25, -0.2) is 0 Å². The van der Waals surface area contributed by atoms with Gasteiger partial charge in [0.2, 0.25) is 0 Å². The van der Waals surface area contributed by atoms with Crippen molar-refractivity contribution in [2.75, 3.05) is 33.4 Å².